The van der Waals surface area contributed by atoms with Gasteiger partial charge >= 0.3 is 6.09 Å². The Kier molecular flexibility index (Phi) is 8.32. The quantitative estimate of drug-likeness (QED) is 0.567. The zero-order valence-corrected chi connectivity index (χ0v) is 15.6. The molecule has 148 valence electrons. The predicted octanol–water partition coefficient (Wildman–Crippen LogP) is 1.47. The van der Waals surface area contributed by atoms with E-state index < -0.39 is 6.09 Å². The maximum Gasteiger partial charge on any atom is 0.407 e. The molecule has 0 saturated carbocycles. The first-order valence-electron chi connectivity index (χ1n) is 8.72. The van der Waals surface area contributed by atoms with E-state index in [4.69, 9.17) is 9.47 Å². The van der Waals surface area contributed by atoms with Crippen molar-refractivity contribution in [2.45, 2.75) is 6.61 Å². The van der Waals surface area contributed by atoms with Gasteiger partial charge in [0.1, 0.15) is 12.4 Å². The van der Waals surface area contributed by atoms with Crippen LogP contribution in [-0.4, -0.2) is 44.7 Å². The minimum Gasteiger partial charge on any atom is -0.497 e. The minimum atomic E-state index is -0.674. The normalized spacial score (nSPS) is 9.89. The van der Waals surface area contributed by atoms with E-state index in [-0.39, 0.29) is 38.1 Å². The van der Waals surface area contributed by atoms with E-state index in [1.807, 2.05) is 30.3 Å². The second-order valence-electron chi connectivity index (χ2n) is 5.75. The van der Waals surface area contributed by atoms with Crippen LogP contribution in [0, 0.1) is 0 Å². The summed E-state index contributed by atoms with van der Waals surface area (Å²) in [5.74, 6) is 0.0356. The highest BCUT2D eigenvalue weighted by atomic mass is 16.5. The number of amides is 3. The van der Waals surface area contributed by atoms with Crippen LogP contribution in [0.25, 0.3) is 0 Å². The molecule has 0 aromatic heterocycles. The minimum absolute atomic E-state index is 0.131. The molecule has 0 bridgehead atoms. The van der Waals surface area contributed by atoms with Gasteiger partial charge in [-0.15, -0.1) is 0 Å². The lowest BCUT2D eigenvalue weighted by Crippen LogP contribution is -2.40. The standard InChI is InChI=1S/C20H23N3O5/c1-27-17-9-7-16(8-10-17)19(25)22-12-11-21-18(24)13-23-20(26)28-14-15-5-3-2-4-6-15/h2-10H,11-14H2,1H3,(H,21,24)(H,22,25)(H,23,26). The number of methoxy groups -OCH3 is 1. The van der Waals surface area contributed by atoms with Gasteiger partial charge in [0.15, 0.2) is 0 Å². The molecule has 2 aromatic carbocycles. The number of ether oxygens (including phenoxy) is 2. The first-order chi connectivity index (χ1) is 13.6. The van der Waals surface area contributed by atoms with E-state index in [1.54, 1.807) is 31.4 Å². The van der Waals surface area contributed by atoms with Gasteiger partial charge in [0.05, 0.1) is 13.7 Å². The number of benzene rings is 2. The van der Waals surface area contributed by atoms with Crippen LogP contribution in [0.1, 0.15) is 15.9 Å². The fourth-order valence-electron chi connectivity index (χ4n) is 2.21. The fourth-order valence-corrected chi connectivity index (χ4v) is 2.21. The van der Waals surface area contributed by atoms with Crippen LogP contribution >= 0.6 is 0 Å². The van der Waals surface area contributed by atoms with Crippen LogP contribution in [0.15, 0.2) is 54.6 Å². The molecule has 0 saturated heterocycles. The summed E-state index contributed by atoms with van der Waals surface area (Å²) in [5.41, 5.74) is 1.35. The third-order valence-corrected chi connectivity index (χ3v) is 3.69. The molecule has 0 aliphatic carbocycles. The Morgan fingerprint density at radius 3 is 2.21 bits per heavy atom. The first kappa shape index (κ1) is 20.8. The predicted molar refractivity (Wildman–Crippen MR) is 103 cm³/mol. The molecule has 2 aromatic rings. The highest BCUT2D eigenvalue weighted by Crippen LogP contribution is 2.10. The molecule has 2 rings (SSSR count). The van der Waals surface area contributed by atoms with E-state index >= 15 is 0 Å². The molecule has 0 atom stereocenters. The third-order valence-electron chi connectivity index (χ3n) is 3.69. The molecule has 8 heteroatoms. The van der Waals surface area contributed by atoms with Crippen LogP contribution in [-0.2, 0) is 16.1 Å². The van der Waals surface area contributed by atoms with Crippen LogP contribution < -0.4 is 20.7 Å². The summed E-state index contributed by atoms with van der Waals surface area (Å²) < 4.78 is 10.0. The van der Waals surface area contributed by atoms with E-state index in [1.165, 1.54) is 0 Å². The molecule has 0 radical (unpaired) electrons. The van der Waals surface area contributed by atoms with E-state index in [2.05, 4.69) is 16.0 Å². The molecular formula is C20H23N3O5. The Balaban J connectivity index is 1.56. The summed E-state index contributed by atoms with van der Waals surface area (Å²) in [5, 5.41) is 7.65. The van der Waals surface area contributed by atoms with Gasteiger partial charge in [0.25, 0.3) is 5.91 Å². The second-order valence-corrected chi connectivity index (χ2v) is 5.75. The maximum atomic E-state index is 12.0. The van der Waals surface area contributed by atoms with Gasteiger partial charge in [0.2, 0.25) is 5.91 Å². The zero-order chi connectivity index (χ0) is 20.2. The molecule has 28 heavy (non-hydrogen) atoms. The Hall–Kier alpha value is -3.55. The fraction of sp³-hybridized carbons (Fsp3) is 0.250. The number of alkyl carbamates (subject to hydrolysis) is 1. The van der Waals surface area contributed by atoms with Crippen molar-refractivity contribution in [3.8, 4) is 5.75 Å². The smallest absolute Gasteiger partial charge is 0.407 e. The summed E-state index contributed by atoms with van der Waals surface area (Å²) >= 11 is 0. The molecule has 0 unspecified atom stereocenters. The lowest BCUT2D eigenvalue weighted by Gasteiger charge is -2.09. The van der Waals surface area contributed by atoms with E-state index in [0.29, 0.717) is 11.3 Å². The number of nitrogens with one attached hydrogen (secondary N) is 3. The van der Waals surface area contributed by atoms with Gasteiger partial charge in [0, 0.05) is 18.7 Å². The summed E-state index contributed by atoms with van der Waals surface area (Å²) in [6, 6.07) is 15.9. The molecule has 3 amide bonds. The highest BCUT2D eigenvalue weighted by Gasteiger charge is 2.07. The van der Waals surface area contributed by atoms with Gasteiger partial charge in [-0.25, -0.2) is 4.79 Å². The number of hydrogen-bond acceptors (Lipinski definition) is 5. The SMILES string of the molecule is COc1ccc(C(=O)NCCNC(=O)CNC(=O)OCc2ccccc2)cc1. The Labute approximate surface area is 163 Å². The number of carbonyl (C=O) groups is 3. The van der Waals surface area contributed by atoms with Gasteiger partial charge in [-0.05, 0) is 29.8 Å². The largest absolute Gasteiger partial charge is 0.497 e. The van der Waals surface area contributed by atoms with E-state index in [9.17, 15) is 14.4 Å². The lowest BCUT2D eigenvalue weighted by atomic mass is 10.2. The molecule has 0 aliphatic heterocycles. The van der Waals surface area contributed by atoms with Crippen molar-refractivity contribution in [1.82, 2.24) is 16.0 Å². The summed E-state index contributed by atoms with van der Waals surface area (Å²) in [6.07, 6.45) is -0.674. The summed E-state index contributed by atoms with van der Waals surface area (Å²) in [4.78, 5) is 35.2. The first-order valence-corrected chi connectivity index (χ1v) is 8.72. The molecule has 0 spiro atoms. The van der Waals surface area contributed by atoms with Crippen LogP contribution in [0.2, 0.25) is 0 Å². The number of hydrogen-bond donors (Lipinski definition) is 3. The van der Waals surface area contributed by atoms with E-state index in [0.717, 1.165) is 5.56 Å². The average Bonchev–Trinajstić information content (AvgIpc) is 2.74. The topological polar surface area (TPSA) is 106 Å². The van der Waals surface area contributed by atoms with Crippen LogP contribution in [0.4, 0.5) is 4.79 Å². The van der Waals surface area contributed by atoms with Crippen molar-refractivity contribution >= 4 is 17.9 Å². The molecule has 8 nitrogen and oxygen atoms in total. The summed E-state index contributed by atoms with van der Waals surface area (Å²) in [7, 11) is 1.55. The second kappa shape index (κ2) is 11.2. The zero-order valence-electron chi connectivity index (χ0n) is 15.6. The van der Waals surface area contributed by atoms with Crippen molar-refractivity contribution in [2.24, 2.45) is 0 Å². The van der Waals surface area contributed by atoms with Crippen molar-refractivity contribution in [3.05, 3.63) is 65.7 Å². The van der Waals surface area contributed by atoms with Gasteiger partial charge in [-0.1, -0.05) is 30.3 Å². The molecule has 3 N–H and O–H groups in total. The highest BCUT2D eigenvalue weighted by molar-refractivity contribution is 5.94. The van der Waals surface area contributed by atoms with Crippen molar-refractivity contribution in [3.63, 3.8) is 0 Å². The van der Waals surface area contributed by atoms with Crippen molar-refractivity contribution in [2.75, 3.05) is 26.7 Å². The summed E-state index contributed by atoms with van der Waals surface area (Å²) in [6.45, 7) is 0.419. The Morgan fingerprint density at radius 1 is 0.857 bits per heavy atom. The molecule has 0 aliphatic rings. The van der Waals surface area contributed by atoms with Crippen LogP contribution in [0.3, 0.4) is 0 Å². The third kappa shape index (κ3) is 7.36. The van der Waals surface area contributed by atoms with Crippen LogP contribution in [0.5, 0.6) is 5.75 Å². The molecular weight excluding hydrogens is 362 g/mol. The number of rotatable bonds is 9. The van der Waals surface area contributed by atoms with Crippen molar-refractivity contribution < 1.29 is 23.9 Å². The maximum absolute atomic E-state index is 12.0. The monoisotopic (exact) mass is 385 g/mol. The number of carbonyl (C=O) groups excluding carboxylic acids is 3. The van der Waals surface area contributed by atoms with Crippen molar-refractivity contribution in [1.29, 1.82) is 0 Å². The molecule has 0 heterocycles. The van der Waals surface area contributed by atoms with Gasteiger partial charge in [-0.2, -0.15) is 0 Å². The Morgan fingerprint density at radius 2 is 1.54 bits per heavy atom. The van der Waals surface area contributed by atoms with Gasteiger partial charge < -0.3 is 25.4 Å². The van der Waals surface area contributed by atoms with Gasteiger partial charge in [-0.3, -0.25) is 9.59 Å². The lowest BCUT2D eigenvalue weighted by molar-refractivity contribution is -0.120. The Bertz CT molecular complexity index is 778. The molecule has 0 fully saturated rings. The average molecular weight is 385 g/mol.